The van der Waals surface area contributed by atoms with Crippen molar-refractivity contribution in [2.45, 2.75) is 44.0 Å². The number of nitrogens with zero attached hydrogens (tertiary/aromatic N) is 2. The Balaban J connectivity index is 1.66. The van der Waals surface area contributed by atoms with Crippen LogP contribution in [0.1, 0.15) is 37.7 Å². The quantitative estimate of drug-likeness (QED) is 0.270. The molecule has 1 aliphatic carbocycles. The lowest BCUT2D eigenvalue weighted by Gasteiger charge is -2.21. The summed E-state index contributed by atoms with van der Waals surface area (Å²) in [5.41, 5.74) is -1.05. The zero-order valence-corrected chi connectivity index (χ0v) is 20.7. The van der Waals surface area contributed by atoms with Crippen LogP contribution in [0.4, 0.5) is 5.82 Å². The molecule has 13 heteroatoms. The van der Waals surface area contributed by atoms with E-state index in [4.69, 9.17) is 0 Å². The van der Waals surface area contributed by atoms with E-state index in [1.807, 2.05) is 6.07 Å². The molecule has 0 unspecified atom stereocenters. The minimum atomic E-state index is -5.22. The van der Waals surface area contributed by atoms with Crippen LogP contribution < -0.4 is 5.32 Å². The van der Waals surface area contributed by atoms with Crippen molar-refractivity contribution in [3.05, 3.63) is 41.3 Å². The molecule has 3 aromatic rings. The first-order chi connectivity index (χ1) is 16.0. The summed E-state index contributed by atoms with van der Waals surface area (Å²) in [7, 11) is -10.4. The van der Waals surface area contributed by atoms with Crippen molar-refractivity contribution < 1.29 is 33.5 Å². The van der Waals surface area contributed by atoms with Crippen molar-refractivity contribution >= 4 is 48.3 Å². The molecule has 4 rings (SSSR count). The Hall–Kier alpha value is -1.97. The molecule has 2 heterocycles. The largest absolute Gasteiger partial charge is 0.360 e. The highest BCUT2D eigenvalue weighted by Gasteiger charge is 2.44. The third-order valence-electron chi connectivity index (χ3n) is 5.85. The summed E-state index contributed by atoms with van der Waals surface area (Å²) in [4.78, 5) is 60.0. The monoisotopic (exact) mass is 525 g/mol. The van der Waals surface area contributed by atoms with Gasteiger partial charge in [0.05, 0.1) is 5.39 Å². The van der Waals surface area contributed by atoms with E-state index in [0.29, 0.717) is 22.2 Å². The average Bonchev–Trinajstić information content (AvgIpc) is 3.25. The maximum absolute atomic E-state index is 12.7. The van der Waals surface area contributed by atoms with Crippen LogP contribution in [0.2, 0.25) is 0 Å². The number of Topliss-reactive ketones (excluding diaryl/α,β-unsaturated/α-hetero) is 1. The Bertz CT molecular complexity index is 1270. The molecule has 1 fully saturated rings. The molecule has 1 aromatic carbocycles. The number of carbonyl (C=O) groups is 1. The van der Waals surface area contributed by atoms with Gasteiger partial charge >= 0.3 is 15.2 Å². The van der Waals surface area contributed by atoms with E-state index in [1.165, 1.54) is 17.8 Å². The molecule has 5 N–H and O–H groups in total. The van der Waals surface area contributed by atoms with Gasteiger partial charge in [-0.2, -0.15) is 0 Å². The highest BCUT2D eigenvalue weighted by atomic mass is 32.1. The van der Waals surface area contributed by atoms with Gasteiger partial charge in [0.15, 0.2) is 5.82 Å². The summed E-state index contributed by atoms with van der Waals surface area (Å²) in [6.45, 7) is 0. The maximum atomic E-state index is 12.7. The highest BCUT2D eigenvalue weighted by Crippen LogP contribution is 2.59. The summed E-state index contributed by atoms with van der Waals surface area (Å²) in [6.07, 6.45) is 5.46. The van der Waals surface area contributed by atoms with E-state index in [1.54, 1.807) is 29.6 Å². The molecule has 0 atom stereocenters. The zero-order chi connectivity index (χ0) is 24.5. The third kappa shape index (κ3) is 5.80. The Labute approximate surface area is 199 Å². The van der Waals surface area contributed by atoms with E-state index in [-0.39, 0.29) is 23.3 Å². The number of rotatable bonds is 8. The van der Waals surface area contributed by atoms with E-state index in [0.717, 1.165) is 31.2 Å². The van der Waals surface area contributed by atoms with Gasteiger partial charge in [0, 0.05) is 17.9 Å². The summed E-state index contributed by atoms with van der Waals surface area (Å²) >= 11 is 1.25. The lowest BCUT2D eigenvalue weighted by atomic mass is 9.84. The van der Waals surface area contributed by atoms with Crippen LogP contribution in [0.15, 0.2) is 35.7 Å². The van der Waals surface area contributed by atoms with Gasteiger partial charge in [0.25, 0.3) is 0 Å². The summed E-state index contributed by atoms with van der Waals surface area (Å²) < 4.78 is 23.5. The summed E-state index contributed by atoms with van der Waals surface area (Å²) in [6, 6.07) is 8.77. The highest BCUT2D eigenvalue weighted by molar-refractivity contribution is 7.71. The number of anilines is 1. The summed E-state index contributed by atoms with van der Waals surface area (Å²) in [5, 5.41) is 4.33. The van der Waals surface area contributed by atoms with E-state index in [2.05, 4.69) is 15.3 Å². The number of hydrogen-bond donors (Lipinski definition) is 5. The molecule has 34 heavy (non-hydrogen) atoms. The first-order valence-electron chi connectivity index (χ1n) is 10.8. The van der Waals surface area contributed by atoms with Crippen LogP contribution in [0.25, 0.3) is 21.6 Å². The number of aromatic nitrogens is 2. The van der Waals surface area contributed by atoms with Crippen molar-refractivity contribution in [1.82, 2.24) is 9.97 Å². The normalized spacial score (nSPS) is 15.7. The van der Waals surface area contributed by atoms with Crippen molar-refractivity contribution in [2.75, 3.05) is 5.32 Å². The number of hydrogen-bond acceptors (Lipinski definition) is 7. The van der Waals surface area contributed by atoms with Gasteiger partial charge in [-0.1, -0.05) is 37.5 Å². The molecule has 0 radical (unpaired) electrons. The maximum Gasteiger partial charge on any atom is 0.360 e. The van der Waals surface area contributed by atoms with Crippen LogP contribution in [0.5, 0.6) is 0 Å². The zero-order valence-electron chi connectivity index (χ0n) is 18.1. The first kappa shape index (κ1) is 25.1. The predicted molar refractivity (Wildman–Crippen MR) is 130 cm³/mol. The van der Waals surface area contributed by atoms with Crippen molar-refractivity contribution in [2.24, 2.45) is 5.92 Å². The second kappa shape index (κ2) is 9.95. The predicted octanol–water partition coefficient (Wildman–Crippen LogP) is 4.10. The third-order valence-corrected chi connectivity index (χ3v) is 10.00. The molecule has 0 bridgehead atoms. The molecule has 0 aliphatic heterocycles. The fraction of sp³-hybridized carbons (Fsp3) is 0.381. The number of thiophene rings is 1. The van der Waals surface area contributed by atoms with Gasteiger partial charge in [0.2, 0.25) is 5.52 Å². The average molecular weight is 525 g/mol. The molecule has 0 amide bonds. The van der Waals surface area contributed by atoms with Gasteiger partial charge < -0.3 is 24.9 Å². The molecule has 10 nitrogen and oxygen atoms in total. The van der Waals surface area contributed by atoms with Crippen LogP contribution in [0.3, 0.4) is 0 Å². The minimum absolute atomic E-state index is 0.0872. The molecular weight excluding hydrogens is 500 g/mol. The lowest BCUT2D eigenvalue weighted by Crippen LogP contribution is -2.21. The molecule has 2 aromatic heterocycles. The molecular formula is C21H25N3O7P2S. The smallest absolute Gasteiger partial charge is 0.346 e. The van der Waals surface area contributed by atoms with Crippen molar-refractivity contribution in [1.29, 1.82) is 0 Å². The SMILES string of the molecule is O=C(Cc1cccc(-c2nc(NC(P(=O)(O)O)P(=O)(O)O)c3ccsc3n2)c1)C1CCCCC1. The standard InChI is InChI=1S/C21H25N3O7P2S/c25-17(14-6-2-1-3-7-14)12-13-5-4-8-15(11-13)18-22-19(16-9-10-34-20(16)23-18)24-21(32(26,27)28)33(29,30)31/h4-5,8-11,14,21H,1-3,6-7,12H2,(H,22,23,24)(H2,26,27,28)(H2,29,30,31). The molecule has 0 spiro atoms. The summed E-state index contributed by atoms with van der Waals surface area (Å²) in [5.74, 6) is 0.408. The number of fused-ring (bicyclic) bond motifs is 1. The van der Waals surface area contributed by atoms with Crippen LogP contribution in [-0.4, -0.2) is 40.8 Å². The van der Waals surface area contributed by atoms with E-state index in [9.17, 15) is 33.5 Å². The number of benzene rings is 1. The van der Waals surface area contributed by atoms with Crippen molar-refractivity contribution in [3.8, 4) is 11.4 Å². The fourth-order valence-corrected chi connectivity index (χ4v) is 7.08. The number of nitrogens with one attached hydrogen (secondary N) is 1. The van der Waals surface area contributed by atoms with Gasteiger partial charge in [-0.25, -0.2) is 9.97 Å². The molecule has 0 saturated heterocycles. The van der Waals surface area contributed by atoms with Gasteiger partial charge in [-0.3, -0.25) is 13.9 Å². The van der Waals surface area contributed by atoms with E-state index >= 15 is 0 Å². The second-order valence-corrected chi connectivity index (χ2v) is 13.1. The molecule has 1 saturated carbocycles. The Kier molecular flexibility index (Phi) is 7.36. The fourth-order valence-electron chi connectivity index (χ4n) is 4.17. The molecule has 182 valence electrons. The Morgan fingerprint density at radius 1 is 1.06 bits per heavy atom. The van der Waals surface area contributed by atoms with Gasteiger partial charge in [-0.05, 0) is 35.9 Å². The van der Waals surface area contributed by atoms with Crippen molar-refractivity contribution in [3.63, 3.8) is 0 Å². The van der Waals surface area contributed by atoms with Crippen LogP contribution in [-0.2, 0) is 20.3 Å². The number of ketones is 1. The topological polar surface area (TPSA) is 170 Å². The van der Waals surface area contributed by atoms with Crippen LogP contribution in [0, 0.1) is 5.92 Å². The van der Waals surface area contributed by atoms with Gasteiger partial charge in [0.1, 0.15) is 16.4 Å². The number of carbonyl (C=O) groups excluding carboxylic acids is 1. The second-order valence-electron chi connectivity index (χ2n) is 8.41. The molecule has 1 aliphatic rings. The lowest BCUT2D eigenvalue weighted by molar-refractivity contribution is -0.123. The minimum Gasteiger partial charge on any atom is -0.346 e. The van der Waals surface area contributed by atoms with Crippen LogP contribution >= 0.6 is 26.5 Å². The van der Waals surface area contributed by atoms with E-state index < -0.39 is 20.7 Å². The van der Waals surface area contributed by atoms with Gasteiger partial charge in [-0.15, -0.1) is 11.3 Å². The Morgan fingerprint density at radius 3 is 2.44 bits per heavy atom. The Morgan fingerprint density at radius 2 is 1.76 bits per heavy atom. The first-order valence-corrected chi connectivity index (χ1v) is 15.0.